The topological polar surface area (TPSA) is 132 Å². The molecule has 0 spiro atoms. The summed E-state index contributed by atoms with van der Waals surface area (Å²) in [7, 11) is 1.73. The molecule has 4 heterocycles. The van der Waals surface area contributed by atoms with Gasteiger partial charge in [-0.15, -0.1) is 11.3 Å². The predicted octanol–water partition coefficient (Wildman–Crippen LogP) is 2.06. The van der Waals surface area contributed by atoms with Gasteiger partial charge in [-0.05, 0) is 44.7 Å². The van der Waals surface area contributed by atoms with Gasteiger partial charge in [0, 0.05) is 50.1 Å². The lowest BCUT2D eigenvalue weighted by molar-refractivity contribution is 0.0692. The van der Waals surface area contributed by atoms with Crippen molar-refractivity contribution in [3.8, 4) is 0 Å². The third kappa shape index (κ3) is 4.21. The van der Waals surface area contributed by atoms with Gasteiger partial charge in [0.15, 0.2) is 0 Å². The average Bonchev–Trinajstić information content (AvgIpc) is 3.37. The van der Waals surface area contributed by atoms with Crippen LogP contribution in [0.25, 0.3) is 10.2 Å². The number of hydrogen-bond acceptors (Lipinski definition) is 9. The average molecular weight is 482 g/mol. The van der Waals surface area contributed by atoms with E-state index < -0.39 is 0 Å². The van der Waals surface area contributed by atoms with Gasteiger partial charge >= 0.3 is 0 Å². The smallest absolute Gasteiger partial charge is 0.263 e. The Morgan fingerprint density at radius 1 is 1.32 bits per heavy atom. The van der Waals surface area contributed by atoms with Crippen molar-refractivity contribution in [3.05, 3.63) is 40.3 Å². The zero-order chi connectivity index (χ0) is 24.0. The molecule has 34 heavy (non-hydrogen) atoms. The Labute approximate surface area is 202 Å². The Kier molecular flexibility index (Phi) is 6.13. The van der Waals surface area contributed by atoms with E-state index in [0.29, 0.717) is 22.3 Å². The van der Waals surface area contributed by atoms with E-state index in [1.165, 1.54) is 16.9 Å². The number of hydrogen-bond donors (Lipinski definition) is 3. The summed E-state index contributed by atoms with van der Waals surface area (Å²) in [5.74, 6) is 1.77. The molecule has 10 heteroatoms. The molecule has 4 atom stereocenters. The summed E-state index contributed by atoms with van der Waals surface area (Å²) in [4.78, 5) is 30.0. The minimum Gasteiger partial charge on any atom is -0.397 e. The third-order valence-electron chi connectivity index (χ3n) is 7.11. The van der Waals surface area contributed by atoms with Gasteiger partial charge < -0.3 is 26.4 Å². The standard InChI is InChI=1S/C24H31N7O2S/c1-12(33-3)17-10-31(11-18(17)25)20-7-4-14-8-15(5-6-19(14)30-20)29-23(32)22-21(26)16-9-27-13(2)28-24(16)34-22/h4,7,9,12,15,17-18H,5-6,8,10-11,25-26H2,1-3H3,(H,29,32). The van der Waals surface area contributed by atoms with Gasteiger partial charge in [-0.1, -0.05) is 6.07 Å². The maximum Gasteiger partial charge on any atom is 0.263 e. The number of methoxy groups -OCH3 is 1. The molecule has 3 aromatic rings. The number of carbonyl (C=O) groups is 1. The molecule has 0 saturated carbocycles. The molecule has 0 aromatic carbocycles. The molecular formula is C24H31N7O2S. The summed E-state index contributed by atoms with van der Waals surface area (Å²) < 4.78 is 5.51. The molecule has 4 unspecified atom stereocenters. The van der Waals surface area contributed by atoms with Crippen molar-refractivity contribution in [2.45, 2.75) is 51.3 Å². The van der Waals surface area contributed by atoms with Crippen LogP contribution < -0.4 is 21.7 Å². The molecule has 1 aliphatic heterocycles. The maximum absolute atomic E-state index is 13.0. The molecule has 5 rings (SSSR count). The molecule has 1 fully saturated rings. The lowest BCUT2D eigenvalue weighted by Crippen LogP contribution is -2.39. The first-order valence-electron chi connectivity index (χ1n) is 11.7. The molecule has 9 nitrogen and oxygen atoms in total. The van der Waals surface area contributed by atoms with Crippen LogP contribution in [0.1, 0.15) is 40.1 Å². The molecule has 1 aliphatic carbocycles. The molecule has 1 saturated heterocycles. The number of nitrogens with zero attached hydrogens (tertiary/aromatic N) is 4. The first kappa shape index (κ1) is 22.9. The second-order valence-electron chi connectivity index (χ2n) is 9.34. The van der Waals surface area contributed by atoms with E-state index in [-0.39, 0.29) is 24.1 Å². The highest BCUT2D eigenvalue weighted by Crippen LogP contribution is 2.33. The van der Waals surface area contributed by atoms with Crippen LogP contribution in [0.5, 0.6) is 0 Å². The number of rotatable bonds is 5. The number of anilines is 2. The summed E-state index contributed by atoms with van der Waals surface area (Å²) >= 11 is 1.32. The number of thiophene rings is 1. The van der Waals surface area contributed by atoms with Gasteiger partial charge in [-0.25, -0.2) is 15.0 Å². The summed E-state index contributed by atoms with van der Waals surface area (Å²) in [6.45, 7) is 5.53. The number of amides is 1. The fraction of sp³-hybridized carbons (Fsp3) is 0.500. The zero-order valence-electron chi connectivity index (χ0n) is 19.7. The monoisotopic (exact) mass is 481 g/mol. The Hall–Kier alpha value is -2.82. The van der Waals surface area contributed by atoms with Crippen LogP contribution in [0.2, 0.25) is 0 Å². The molecule has 180 valence electrons. The van der Waals surface area contributed by atoms with Gasteiger partial charge in [-0.3, -0.25) is 4.79 Å². The number of nitrogens with one attached hydrogen (secondary N) is 1. The predicted molar refractivity (Wildman–Crippen MR) is 134 cm³/mol. The molecular weight excluding hydrogens is 450 g/mol. The SMILES string of the molecule is COC(C)C1CN(c2ccc3c(n2)CCC(NC(=O)c2sc4nc(C)ncc4c2N)C3)CC1N. The van der Waals surface area contributed by atoms with Gasteiger partial charge in [0.25, 0.3) is 5.91 Å². The number of fused-ring (bicyclic) bond motifs is 2. The normalized spacial score (nSPS) is 23.2. The van der Waals surface area contributed by atoms with Crippen LogP contribution in [0.15, 0.2) is 18.3 Å². The van der Waals surface area contributed by atoms with E-state index in [2.05, 4.69) is 39.2 Å². The zero-order valence-corrected chi connectivity index (χ0v) is 20.6. The number of aromatic nitrogens is 3. The molecule has 1 amide bonds. The third-order valence-corrected chi connectivity index (χ3v) is 8.22. The van der Waals surface area contributed by atoms with E-state index in [9.17, 15) is 4.79 Å². The van der Waals surface area contributed by atoms with Crippen LogP contribution in [0.3, 0.4) is 0 Å². The van der Waals surface area contributed by atoms with Crippen molar-refractivity contribution in [2.75, 3.05) is 30.8 Å². The van der Waals surface area contributed by atoms with E-state index in [1.54, 1.807) is 13.3 Å². The highest BCUT2D eigenvalue weighted by atomic mass is 32.1. The van der Waals surface area contributed by atoms with Crippen molar-refractivity contribution >= 4 is 39.0 Å². The minimum absolute atomic E-state index is 0.0391. The quantitative estimate of drug-likeness (QED) is 0.504. The van der Waals surface area contributed by atoms with Crippen LogP contribution in [-0.4, -0.2) is 59.2 Å². The molecule has 0 bridgehead atoms. The second kappa shape index (κ2) is 9.09. The van der Waals surface area contributed by atoms with Crippen molar-refractivity contribution in [1.29, 1.82) is 0 Å². The van der Waals surface area contributed by atoms with E-state index in [4.69, 9.17) is 21.2 Å². The van der Waals surface area contributed by atoms with Crippen molar-refractivity contribution in [3.63, 3.8) is 0 Å². The van der Waals surface area contributed by atoms with Crippen LogP contribution >= 0.6 is 11.3 Å². The summed E-state index contributed by atoms with van der Waals surface area (Å²) in [5, 5.41) is 3.90. The van der Waals surface area contributed by atoms with Gasteiger partial charge in [0.2, 0.25) is 0 Å². The molecule has 3 aromatic heterocycles. The van der Waals surface area contributed by atoms with Crippen LogP contribution in [-0.2, 0) is 17.6 Å². The summed E-state index contributed by atoms with van der Waals surface area (Å²) in [6, 6.07) is 4.32. The molecule has 0 radical (unpaired) electrons. The number of ether oxygens (including phenoxy) is 1. The minimum atomic E-state index is -0.152. The lowest BCUT2D eigenvalue weighted by atomic mass is 9.91. The van der Waals surface area contributed by atoms with E-state index in [1.807, 2.05) is 6.92 Å². The summed E-state index contributed by atoms with van der Waals surface area (Å²) in [5.41, 5.74) is 15.3. The van der Waals surface area contributed by atoms with E-state index >= 15 is 0 Å². The number of aryl methyl sites for hydroxylation is 2. The fourth-order valence-electron chi connectivity index (χ4n) is 5.02. The second-order valence-corrected chi connectivity index (χ2v) is 10.3. The largest absolute Gasteiger partial charge is 0.397 e. The first-order valence-corrected chi connectivity index (χ1v) is 12.5. The lowest BCUT2D eigenvalue weighted by Gasteiger charge is -2.27. The van der Waals surface area contributed by atoms with Crippen molar-refractivity contribution in [2.24, 2.45) is 11.7 Å². The van der Waals surface area contributed by atoms with Crippen LogP contribution in [0.4, 0.5) is 11.5 Å². The number of nitrogens with two attached hydrogens (primary N) is 2. The highest BCUT2D eigenvalue weighted by molar-refractivity contribution is 7.21. The van der Waals surface area contributed by atoms with Crippen LogP contribution in [0, 0.1) is 12.8 Å². The highest BCUT2D eigenvalue weighted by Gasteiger charge is 2.35. The Morgan fingerprint density at radius 3 is 2.94 bits per heavy atom. The van der Waals surface area contributed by atoms with E-state index in [0.717, 1.165) is 54.1 Å². The van der Waals surface area contributed by atoms with Crippen molar-refractivity contribution in [1.82, 2.24) is 20.3 Å². The molecule has 5 N–H and O–H groups in total. The maximum atomic E-state index is 13.0. The Balaban J connectivity index is 1.26. The van der Waals surface area contributed by atoms with Gasteiger partial charge in [0.05, 0.1) is 17.2 Å². The first-order chi connectivity index (χ1) is 16.3. The fourth-order valence-corrected chi connectivity index (χ4v) is 6.03. The van der Waals surface area contributed by atoms with Crippen molar-refractivity contribution < 1.29 is 9.53 Å². The Morgan fingerprint density at radius 2 is 2.15 bits per heavy atom. The molecule has 2 aliphatic rings. The van der Waals surface area contributed by atoms with Gasteiger partial charge in [0.1, 0.15) is 21.3 Å². The summed E-state index contributed by atoms with van der Waals surface area (Å²) in [6.07, 6.45) is 4.21. The number of pyridine rings is 1. The number of nitrogen functional groups attached to an aromatic ring is 1. The van der Waals surface area contributed by atoms with Gasteiger partial charge in [-0.2, -0.15) is 0 Å². The number of carbonyl (C=O) groups excluding carboxylic acids is 1. The Bertz CT molecular complexity index is 1230.